The molecule has 1 amide bonds. The molecule has 0 atom stereocenters. The van der Waals surface area contributed by atoms with Crippen molar-refractivity contribution in [2.75, 3.05) is 20.1 Å². The Morgan fingerprint density at radius 3 is 2.76 bits per heavy atom. The fourth-order valence-corrected chi connectivity index (χ4v) is 4.14. The summed E-state index contributed by atoms with van der Waals surface area (Å²) in [4.78, 5) is 21.0. The molecule has 0 aromatic carbocycles. The Hall–Kier alpha value is -2.12. The summed E-state index contributed by atoms with van der Waals surface area (Å²) in [6.07, 6.45) is 2.13. The molecule has 1 aromatic heterocycles. The van der Waals surface area contributed by atoms with Gasteiger partial charge in [-0.15, -0.1) is 10.2 Å². The van der Waals surface area contributed by atoms with E-state index in [-0.39, 0.29) is 17.5 Å². The first kappa shape index (κ1) is 17.7. The lowest BCUT2D eigenvalue weighted by Gasteiger charge is -2.49. The summed E-state index contributed by atoms with van der Waals surface area (Å²) >= 11 is 0. The Morgan fingerprint density at radius 2 is 2.12 bits per heavy atom. The van der Waals surface area contributed by atoms with Crippen LogP contribution in [0.3, 0.4) is 0 Å². The zero-order valence-electron chi connectivity index (χ0n) is 15.9. The number of piperazine rings is 1. The Morgan fingerprint density at radius 1 is 1.36 bits per heavy atom. The van der Waals surface area contributed by atoms with E-state index in [0.717, 1.165) is 43.5 Å². The highest BCUT2D eigenvalue weighted by atomic mass is 16.2. The number of rotatable bonds is 3. The van der Waals surface area contributed by atoms with Crippen molar-refractivity contribution in [1.82, 2.24) is 29.9 Å². The van der Waals surface area contributed by atoms with E-state index < -0.39 is 0 Å². The maximum atomic E-state index is 12.6. The number of hydrogen-bond donors (Lipinski definition) is 1. The van der Waals surface area contributed by atoms with Crippen LogP contribution in [0.1, 0.15) is 45.8 Å². The number of nitrogens with zero attached hydrogens (tertiary/aromatic N) is 6. The van der Waals surface area contributed by atoms with Crippen LogP contribution >= 0.6 is 0 Å². The number of aryl methyl sites for hydroxylation is 1. The maximum absolute atomic E-state index is 12.6. The van der Waals surface area contributed by atoms with Crippen LogP contribution in [-0.2, 0) is 24.3 Å². The molecule has 8 heteroatoms. The molecule has 138 valence electrons. The van der Waals surface area contributed by atoms with Gasteiger partial charge < -0.3 is 19.7 Å². The second-order valence-electron chi connectivity index (χ2n) is 7.71. The molecule has 0 unspecified atom stereocenters. The van der Waals surface area contributed by atoms with Crippen molar-refractivity contribution in [3.8, 4) is 0 Å². The number of aliphatic imine (C=N–C) groups is 1. The number of hydrogen-bond acceptors (Lipinski definition) is 4. The fraction of sp³-hybridized carbons (Fsp3) is 0.765. The van der Waals surface area contributed by atoms with E-state index in [1.54, 1.807) is 7.05 Å². The molecule has 2 aliphatic rings. The second-order valence-corrected chi connectivity index (χ2v) is 7.71. The largest absolute Gasteiger partial charge is 0.349 e. The van der Waals surface area contributed by atoms with Gasteiger partial charge in [0.05, 0.1) is 18.6 Å². The van der Waals surface area contributed by atoms with Crippen molar-refractivity contribution in [3.63, 3.8) is 0 Å². The average molecular weight is 347 g/mol. The van der Waals surface area contributed by atoms with Crippen LogP contribution in [0.4, 0.5) is 0 Å². The topological polar surface area (TPSA) is 78.6 Å². The van der Waals surface area contributed by atoms with Gasteiger partial charge in [-0.1, -0.05) is 0 Å². The summed E-state index contributed by atoms with van der Waals surface area (Å²) in [5.41, 5.74) is -0.239. The van der Waals surface area contributed by atoms with Crippen molar-refractivity contribution < 1.29 is 4.79 Å². The summed E-state index contributed by atoms with van der Waals surface area (Å²) in [6, 6.07) is 0.193. The van der Waals surface area contributed by atoms with Crippen LogP contribution in [0, 0.1) is 0 Å². The first-order valence-corrected chi connectivity index (χ1v) is 9.02. The van der Waals surface area contributed by atoms with Gasteiger partial charge in [0.25, 0.3) is 0 Å². The van der Waals surface area contributed by atoms with E-state index in [1.165, 1.54) is 0 Å². The first-order chi connectivity index (χ1) is 11.8. The molecule has 1 aromatic rings. The lowest BCUT2D eigenvalue weighted by molar-refractivity contribution is -0.145. The van der Waals surface area contributed by atoms with Gasteiger partial charge in [0.15, 0.2) is 11.8 Å². The molecular weight excluding hydrogens is 318 g/mol. The molecule has 0 saturated carbocycles. The molecule has 3 rings (SSSR count). The molecule has 1 saturated heterocycles. The smallest absolute Gasteiger partial charge is 0.242 e. The third kappa shape index (κ3) is 3.34. The maximum Gasteiger partial charge on any atom is 0.242 e. The van der Waals surface area contributed by atoms with Crippen LogP contribution < -0.4 is 5.32 Å². The van der Waals surface area contributed by atoms with Gasteiger partial charge in [0.1, 0.15) is 5.82 Å². The molecule has 2 aliphatic heterocycles. The molecule has 3 heterocycles. The standard InChI is InChI=1S/C17H29N7O/c1-12(2)24-15(25)10-22(11-17(24,3)4)16(18-5)19-9-14-21-20-13-7-6-8-23(13)14/h12H,6-11H2,1-5H3,(H,18,19). The van der Waals surface area contributed by atoms with Crippen molar-refractivity contribution in [3.05, 3.63) is 11.6 Å². The zero-order chi connectivity index (χ0) is 18.2. The van der Waals surface area contributed by atoms with E-state index in [4.69, 9.17) is 0 Å². The number of amides is 1. The van der Waals surface area contributed by atoms with Crippen LogP contribution in [0.2, 0.25) is 0 Å². The Balaban J connectivity index is 1.68. The number of aromatic nitrogens is 3. The summed E-state index contributed by atoms with van der Waals surface area (Å²) in [5.74, 6) is 2.87. The van der Waals surface area contributed by atoms with Crippen LogP contribution in [0.5, 0.6) is 0 Å². The monoisotopic (exact) mass is 347 g/mol. The van der Waals surface area contributed by atoms with Gasteiger partial charge in [0.2, 0.25) is 5.91 Å². The minimum Gasteiger partial charge on any atom is -0.349 e. The van der Waals surface area contributed by atoms with Crippen molar-refractivity contribution >= 4 is 11.9 Å². The summed E-state index contributed by atoms with van der Waals surface area (Å²) < 4.78 is 2.17. The first-order valence-electron chi connectivity index (χ1n) is 9.02. The lowest BCUT2D eigenvalue weighted by Crippen LogP contribution is -2.66. The average Bonchev–Trinajstić information content (AvgIpc) is 3.10. The highest BCUT2D eigenvalue weighted by Gasteiger charge is 2.40. The van der Waals surface area contributed by atoms with E-state index in [2.05, 4.69) is 52.8 Å². The highest BCUT2D eigenvalue weighted by Crippen LogP contribution is 2.24. The molecule has 0 spiro atoms. The van der Waals surface area contributed by atoms with Crippen LogP contribution in [0.25, 0.3) is 0 Å². The summed E-state index contributed by atoms with van der Waals surface area (Å²) in [6.45, 7) is 11.0. The summed E-state index contributed by atoms with van der Waals surface area (Å²) in [5, 5.41) is 11.9. The quantitative estimate of drug-likeness (QED) is 0.641. The predicted octanol–water partition coefficient (Wildman–Crippen LogP) is 0.631. The van der Waals surface area contributed by atoms with Gasteiger partial charge in [-0.05, 0) is 34.1 Å². The Bertz CT molecular complexity index is 677. The third-order valence-electron chi connectivity index (χ3n) is 4.94. The Labute approximate surface area is 149 Å². The molecule has 0 bridgehead atoms. The van der Waals surface area contributed by atoms with E-state index in [0.29, 0.717) is 13.1 Å². The second kappa shape index (κ2) is 6.65. The predicted molar refractivity (Wildman–Crippen MR) is 96.2 cm³/mol. The minimum absolute atomic E-state index is 0.137. The minimum atomic E-state index is -0.239. The third-order valence-corrected chi connectivity index (χ3v) is 4.94. The molecule has 1 fully saturated rings. The van der Waals surface area contributed by atoms with Crippen molar-refractivity contribution in [2.45, 2.75) is 65.2 Å². The van der Waals surface area contributed by atoms with Gasteiger partial charge in [-0.2, -0.15) is 0 Å². The van der Waals surface area contributed by atoms with Crippen LogP contribution in [0.15, 0.2) is 4.99 Å². The van der Waals surface area contributed by atoms with E-state index >= 15 is 0 Å². The molecule has 0 aliphatic carbocycles. The lowest BCUT2D eigenvalue weighted by atomic mass is 9.96. The number of guanidine groups is 1. The van der Waals surface area contributed by atoms with Gasteiger partial charge in [-0.25, -0.2) is 0 Å². The van der Waals surface area contributed by atoms with Gasteiger partial charge >= 0.3 is 0 Å². The summed E-state index contributed by atoms with van der Waals surface area (Å²) in [7, 11) is 1.75. The molecule has 25 heavy (non-hydrogen) atoms. The normalized spacial score (nSPS) is 20.4. The molecular formula is C17H29N7O. The van der Waals surface area contributed by atoms with Gasteiger partial charge in [-0.3, -0.25) is 9.79 Å². The number of carbonyl (C=O) groups is 1. The molecule has 1 N–H and O–H groups in total. The SMILES string of the molecule is CN=C(NCc1nnc2n1CCC2)N1CC(=O)N(C(C)C)C(C)(C)C1. The number of carbonyl (C=O) groups excluding carboxylic acids is 1. The van der Waals surface area contributed by atoms with Crippen molar-refractivity contribution in [1.29, 1.82) is 0 Å². The molecule has 8 nitrogen and oxygen atoms in total. The Kier molecular flexibility index (Phi) is 4.71. The van der Waals surface area contributed by atoms with Crippen LogP contribution in [-0.4, -0.2) is 68.1 Å². The number of nitrogens with one attached hydrogen (secondary N) is 1. The zero-order valence-corrected chi connectivity index (χ0v) is 15.9. The van der Waals surface area contributed by atoms with E-state index in [9.17, 15) is 4.79 Å². The van der Waals surface area contributed by atoms with Gasteiger partial charge in [0, 0.05) is 32.6 Å². The molecule has 0 radical (unpaired) electrons. The van der Waals surface area contributed by atoms with E-state index in [1.807, 2.05) is 9.80 Å². The highest BCUT2D eigenvalue weighted by molar-refractivity contribution is 5.88. The fourth-order valence-electron chi connectivity index (χ4n) is 4.14. The number of fused-ring (bicyclic) bond motifs is 1. The van der Waals surface area contributed by atoms with Crippen molar-refractivity contribution in [2.24, 2.45) is 4.99 Å².